The summed E-state index contributed by atoms with van der Waals surface area (Å²) >= 11 is 0. The van der Waals surface area contributed by atoms with E-state index in [0.717, 1.165) is 28.3 Å². The van der Waals surface area contributed by atoms with Crippen LogP contribution in [0.3, 0.4) is 0 Å². The van der Waals surface area contributed by atoms with E-state index in [4.69, 9.17) is 15.6 Å². The van der Waals surface area contributed by atoms with E-state index in [9.17, 15) is 4.79 Å². The van der Waals surface area contributed by atoms with Gasteiger partial charge in [-0.05, 0) is 55.2 Å². The number of methoxy groups -OCH3 is 1. The van der Waals surface area contributed by atoms with E-state index >= 15 is 0 Å². The van der Waals surface area contributed by atoms with Gasteiger partial charge in [0, 0.05) is 29.9 Å². The standard InChI is InChI=1S/C23H26N4O2/c1-29-20-11-9-17(10-12-20)23-18(13-22(28)25-14-21(24)16-7-8-16)15-27(26-23)19-5-3-2-4-6-19/h2-6,9-12,15-16,21H,7-8,13-14,24H2,1H3,(H,25,28). The predicted octanol–water partition coefficient (Wildman–Crippen LogP) is 2.94. The Hall–Kier alpha value is -3.12. The van der Waals surface area contributed by atoms with Crippen LogP contribution in [0.25, 0.3) is 16.9 Å². The Labute approximate surface area is 170 Å². The summed E-state index contributed by atoms with van der Waals surface area (Å²) in [5.41, 5.74) is 9.66. The smallest absolute Gasteiger partial charge is 0.224 e. The van der Waals surface area contributed by atoms with Crippen LogP contribution in [0.1, 0.15) is 18.4 Å². The molecule has 2 aromatic carbocycles. The van der Waals surface area contributed by atoms with E-state index in [0.29, 0.717) is 12.5 Å². The second-order valence-corrected chi connectivity index (χ2v) is 7.49. The van der Waals surface area contributed by atoms with Crippen molar-refractivity contribution in [2.24, 2.45) is 11.7 Å². The van der Waals surface area contributed by atoms with Crippen molar-refractivity contribution < 1.29 is 9.53 Å². The van der Waals surface area contributed by atoms with Crippen molar-refractivity contribution in [2.75, 3.05) is 13.7 Å². The van der Waals surface area contributed by atoms with Gasteiger partial charge >= 0.3 is 0 Å². The van der Waals surface area contributed by atoms with E-state index in [1.807, 2.05) is 65.5 Å². The van der Waals surface area contributed by atoms with Gasteiger partial charge in [-0.2, -0.15) is 5.10 Å². The van der Waals surface area contributed by atoms with Gasteiger partial charge in [-0.3, -0.25) is 4.79 Å². The van der Waals surface area contributed by atoms with E-state index < -0.39 is 0 Å². The van der Waals surface area contributed by atoms with Crippen LogP contribution < -0.4 is 15.8 Å². The summed E-state index contributed by atoms with van der Waals surface area (Å²) in [4.78, 5) is 12.6. The molecule has 0 saturated heterocycles. The molecule has 29 heavy (non-hydrogen) atoms. The zero-order chi connectivity index (χ0) is 20.2. The molecule has 1 heterocycles. The number of carbonyl (C=O) groups excluding carboxylic acids is 1. The highest BCUT2D eigenvalue weighted by Gasteiger charge is 2.28. The third-order valence-electron chi connectivity index (χ3n) is 5.29. The van der Waals surface area contributed by atoms with Crippen LogP contribution in [-0.4, -0.2) is 35.4 Å². The lowest BCUT2D eigenvalue weighted by molar-refractivity contribution is -0.120. The van der Waals surface area contributed by atoms with E-state index in [1.54, 1.807) is 7.11 Å². The molecule has 1 aliphatic rings. The van der Waals surface area contributed by atoms with Gasteiger partial charge in [0.05, 0.1) is 24.9 Å². The number of para-hydroxylation sites is 1. The van der Waals surface area contributed by atoms with Gasteiger partial charge in [-0.15, -0.1) is 0 Å². The first-order chi connectivity index (χ1) is 14.1. The van der Waals surface area contributed by atoms with Gasteiger partial charge < -0.3 is 15.8 Å². The average molecular weight is 390 g/mol. The maximum Gasteiger partial charge on any atom is 0.224 e. The van der Waals surface area contributed by atoms with Crippen molar-refractivity contribution in [1.82, 2.24) is 15.1 Å². The van der Waals surface area contributed by atoms with E-state index in [2.05, 4.69) is 5.32 Å². The van der Waals surface area contributed by atoms with Crippen molar-refractivity contribution in [3.63, 3.8) is 0 Å². The third kappa shape index (κ3) is 4.66. The average Bonchev–Trinajstić information content (AvgIpc) is 3.53. The van der Waals surface area contributed by atoms with Gasteiger partial charge in [0.1, 0.15) is 5.75 Å². The zero-order valence-corrected chi connectivity index (χ0v) is 16.5. The number of ether oxygens (including phenoxy) is 1. The monoisotopic (exact) mass is 390 g/mol. The third-order valence-corrected chi connectivity index (χ3v) is 5.29. The van der Waals surface area contributed by atoms with E-state index in [-0.39, 0.29) is 18.4 Å². The number of hydrogen-bond donors (Lipinski definition) is 2. The van der Waals surface area contributed by atoms with Crippen LogP contribution >= 0.6 is 0 Å². The molecule has 3 aromatic rings. The van der Waals surface area contributed by atoms with Crippen molar-refractivity contribution in [1.29, 1.82) is 0 Å². The SMILES string of the molecule is COc1ccc(-c2nn(-c3ccccc3)cc2CC(=O)NCC(N)C2CC2)cc1. The van der Waals surface area contributed by atoms with Crippen molar-refractivity contribution in [3.8, 4) is 22.7 Å². The van der Waals surface area contributed by atoms with Crippen LogP contribution in [-0.2, 0) is 11.2 Å². The molecule has 1 saturated carbocycles. The summed E-state index contributed by atoms with van der Waals surface area (Å²) in [7, 11) is 1.64. The molecule has 0 spiro atoms. The highest BCUT2D eigenvalue weighted by Crippen LogP contribution is 2.31. The highest BCUT2D eigenvalue weighted by atomic mass is 16.5. The van der Waals surface area contributed by atoms with Crippen molar-refractivity contribution in [3.05, 3.63) is 66.4 Å². The summed E-state index contributed by atoms with van der Waals surface area (Å²) in [5.74, 6) is 1.30. The van der Waals surface area contributed by atoms with Gasteiger partial charge in [0.15, 0.2) is 0 Å². The largest absolute Gasteiger partial charge is 0.497 e. The predicted molar refractivity (Wildman–Crippen MR) is 113 cm³/mol. The minimum atomic E-state index is -0.0385. The van der Waals surface area contributed by atoms with Gasteiger partial charge in [0.25, 0.3) is 0 Å². The van der Waals surface area contributed by atoms with Crippen LogP contribution in [0.4, 0.5) is 0 Å². The Morgan fingerprint density at radius 1 is 1.21 bits per heavy atom. The first-order valence-electron chi connectivity index (χ1n) is 9.94. The van der Waals surface area contributed by atoms with Crippen molar-refractivity contribution in [2.45, 2.75) is 25.3 Å². The van der Waals surface area contributed by atoms with Gasteiger partial charge in [-0.1, -0.05) is 18.2 Å². The second kappa shape index (κ2) is 8.49. The summed E-state index contributed by atoms with van der Waals surface area (Å²) in [6.45, 7) is 0.522. The lowest BCUT2D eigenvalue weighted by Crippen LogP contribution is -2.39. The van der Waals surface area contributed by atoms with Crippen LogP contribution in [0.5, 0.6) is 5.75 Å². The number of nitrogens with zero attached hydrogens (tertiary/aromatic N) is 2. The fourth-order valence-electron chi connectivity index (χ4n) is 3.40. The molecule has 1 atom stereocenters. The Kier molecular flexibility index (Phi) is 5.62. The maximum absolute atomic E-state index is 12.6. The number of benzene rings is 2. The molecule has 6 nitrogen and oxygen atoms in total. The Morgan fingerprint density at radius 3 is 2.59 bits per heavy atom. The molecular formula is C23H26N4O2. The normalized spacial score (nSPS) is 14.4. The number of hydrogen-bond acceptors (Lipinski definition) is 4. The lowest BCUT2D eigenvalue weighted by Gasteiger charge is -2.11. The Bertz CT molecular complexity index is 962. The molecule has 0 radical (unpaired) electrons. The second-order valence-electron chi connectivity index (χ2n) is 7.49. The van der Waals surface area contributed by atoms with Crippen LogP contribution in [0.15, 0.2) is 60.8 Å². The van der Waals surface area contributed by atoms with Crippen LogP contribution in [0.2, 0.25) is 0 Å². The molecule has 1 fully saturated rings. The summed E-state index contributed by atoms with van der Waals surface area (Å²) in [6.07, 6.45) is 4.52. The molecule has 1 unspecified atom stereocenters. The van der Waals surface area contributed by atoms with E-state index in [1.165, 1.54) is 12.8 Å². The number of carbonyl (C=O) groups is 1. The topological polar surface area (TPSA) is 82.2 Å². The molecule has 1 aromatic heterocycles. The van der Waals surface area contributed by atoms with Crippen molar-refractivity contribution >= 4 is 5.91 Å². The summed E-state index contributed by atoms with van der Waals surface area (Å²) < 4.78 is 7.07. The minimum Gasteiger partial charge on any atom is -0.497 e. The molecule has 1 amide bonds. The fourth-order valence-corrected chi connectivity index (χ4v) is 3.40. The quantitative estimate of drug-likeness (QED) is 0.620. The summed E-state index contributed by atoms with van der Waals surface area (Å²) in [6, 6.07) is 17.6. The minimum absolute atomic E-state index is 0.0385. The van der Waals surface area contributed by atoms with Gasteiger partial charge in [0.2, 0.25) is 5.91 Å². The number of rotatable bonds is 8. The maximum atomic E-state index is 12.6. The van der Waals surface area contributed by atoms with Gasteiger partial charge in [-0.25, -0.2) is 4.68 Å². The number of amides is 1. The fraction of sp³-hybridized carbons (Fsp3) is 0.304. The molecule has 6 heteroatoms. The Morgan fingerprint density at radius 2 is 1.93 bits per heavy atom. The molecule has 1 aliphatic carbocycles. The number of nitrogens with two attached hydrogens (primary N) is 1. The molecule has 4 rings (SSSR count). The molecule has 3 N–H and O–H groups in total. The summed E-state index contributed by atoms with van der Waals surface area (Å²) in [5, 5.41) is 7.74. The number of aromatic nitrogens is 2. The molecule has 150 valence electrons. The zero-order valence-electron chi connectivity index (χ0n) is 16.5. The molecule has 0 aliphatic heterocycles. The lowest BCUT2D eigenvalue weighted by atomic mass is 10.1. The van der Waals surface area contributed by atoms with Crippen LogP contribution in [0, 0.1) is 5.92 Å². The number of nitrogens with one attached hydrogen (secondary N) is 1. The molecule has 0 bridgehead atoms. The highest BCUT2D eigenvalue weighted by molar-refractivity contribution is 5.81. The molecular weight excluding hydrogens is 364 g/mol. The first-order valence-corrected chi connectivity index (χ1v) is 9.94. The first kappa shape index (κ1) is 19.2. The Balaban J connectivity index is 1.57.